The summed E-state index contributed by atoms with van der Waals surface area (Å²) < 4.78 is 0. The Bertz CT molecular complexity index is 591. The quantitative estimate of drug-likeness (QED) is 0.908. The summed E-state index contributed by atoms with van der Waals surface area (Å²) in [6.45, 7) is 4.75. The summed E-state index contributed by atoms with van der Waals surface area (Å²) in [7, 11) is 0. The summed E-state index contributed by atoms with van der Waals surface area (Å²) >= 11 is 0. The number of fused-ring (bicyclic) bond motifs is 1. The van der Waals surface area contributed by atoms with Crippen LogP contribution in [0.15, 0.2) is 24.3 Å². The third-order valence-corrected chi connectivity index (χ3v) is 4.92. The molecule has 1 fully saturated rings. The molecule has 1 heterocycles. The first-order valence-electron chi connectivity index (χ1n) is 8.75. The van der Waals surface area contributed by atoms with Crippen LogP contribution in [-0.4, -0.2) is 28.8 Å². The van der Waals surface area contributed by atoms with Crippen molar-refractivity contribution in [2.45, 2.75) is 64.6 Å². The average Bonchev–Trinajstić information content (AvgIpc) is 3.13. The van der Waals surface area contributed by atoms with Crippen molar-refractivity contribution in [1.82, 2.24) is 10.2 Å². The number of hydrogen-bond acceptors (Lipinski definition) is 2. The zero-order chi connectivity index (χ0) is 16.4. The van der Waals surface area contributed by atoms with Gasteiger partial charge in [0.25, 0.3) is 5.91 Å². The Balaban J connectivity index is 1.76. The van der Waals surface area contributed by atoms with E-state index in [1.54, 1.807) is 4.90 Å². The molecule has 4 heteroatoms. The minimum atomic E-state index is -0.365. The maximum atomic E-state index is 12.8. The molecule has 1 aromatic carbocycles. The number of carbonyl (C=O) groups excluding carboxylic acids is 2. The van der Waals surface area contributed by atoms with Crippen molar-refractivity contribution in [2.75, 3.05) is 0 Å². The molecule has 0 spiro atoms. The van der Waals surface area contributed by atoms with Gasteiger partial charge in [-0.2, -0.15) is 0 Å². The fourth-order valence-electron chi connectivity index (χ4n) is 3.72. The fraction of sp³-hybridized carbons (Fsp3) is 0.579. The van der Waals surface area contributed by atoms with Gasteiger partial charge in [-0.15, -0.1) is 0 Å². The van der Waals surface area contributed by atoms with Crippen molar-refractivity contribution >= 4 is 11.8 Å². The van der Waals surface area contributed by atoms with Gasteiger partial charge < -0.3 is 10.2 Å². The van der Waals surface area contributed by atoms with Gasteiger partial charge in [0.15, 0.2) is 0 Å². The molecule has 3 rings (SSSR count). The van der Waals surface area contributed by atoms with Crippen LogP contribution in [0.5, 0.6) is 0 Å². The Morgan fingerprint density at radius 3 is 2.61 bits per heavy atom. The highest BCUT2D eigenvalue weighted by Gasteiger charge is 2.37. The first-order chi connectivity index (χ1) is 11.1. The Morgan fingerprint density at radius 1 is 1.26 bits per heavy atom. The molecule has 0 aromatic heterocycles. The van der Waals surface area contributed by atoms with Crippen molar-refractivity contribution in [3.63, 3.8) is 0 Å². The molecule has 23 heavy (non-hydrogen) atoms. The number of nitrogens with one attached hydrogen (secondary N) is 1. The summed E-state index contributed by atoms with van der Waals surface area (Å²) in [6, 6.07) is 7.60. The Hall–Kier alpha value is -1.84. The molecular formula is C19H26N2O2. The van der Waals surface area contributed by atoms with E-state index in [0.717, 1.165) is 24.0 Å². The van der Waals surface area contributed by atoms with Crippen LogP contribution in [0, 0.1) is 5.92 Å². The van der Waals surface area contributed by atoms with E-state index in [-0.39, 0.29) is 23.9 Å². The molecule has 1 N–H and O–H groups in total. The molecule has 124 valence electrons. The molecule has 1 aliphatic carbocycles. The van der Waals surface area contributed by atoms with Crippen LogP contribution in [0.2, 0.25) is 0 Å². The minimum absolute atomic E-state index is 0.00665. The van der Waals surface area contributed by atoms with Crippen LogP contribution in [-0.2, 0) is 11.3 Å². The highest BCUT2D eigenvalue weighted by Crippen LogP contribution is 2.27. The van der Waals surface area contributed by atoms with E-state index in [1.165, 1.54) is 12.8 Å². The van der Waals surface area contributed by atoms with Gasteiger partial charge in [-0.25, -0.2) is 0 Å². The van der Waals surface area contributed by atoms with Gasteiger partial charge in [0.1, 0.15) is 6.04 Å². The van der Waals surface area contributed by atoms with Gasteiger partial charge in [0, 0.05) is 18.2 Å². The minimum Gasteiger partial charge on any atom is -0.352 e. The number of rotatable bonds is 5. The number of hydrogen-bond donors (Lipinski definition) is 1. The van der Waals surface area contributed by atoms with E-state index in [4.69, 9.17) is 0 Å². The van der Waals surface area contributed by atoms with Gasteiger partial charge in [0.05, 0.1) is 0 Å². The Morgan fingerprint density at radius 2 is 1.96 bits per heavy atom. The van der Waals surface area contributed by atoms with Crippen molar-refractivity contribution in [3.8, 4) is 0 Å². The number of amides is 2. The molecule has 1 aliphatic heterocycles. The molecule has 4 nitrogen and oxygen atoms in total. The molecular weight excluding hydrogens is 288 g/mol. The van der Waals surface area contributed by atoms with Crippen LogP contribution >= 0.6 is 0 Å². The average molecular weight is 314 g/mol. The van der Waals surface area contributed by atoms with E-state index >= 15 is 0 Å². The normalized spacial score (nSPS) is 19.3. The third kappa shape index (κ3) is 3.41. The highest BCUT2D eigenvalue weighted by molar-refractivity contribution is 6.01. The van der Waals surface area contributed by atoms with Gasteiger partial charge >= 0.3 is 0 Å². The number of carbonyl (C=O) groups is 2. The second kappa shape index (κ2) is 6.73. The lowest BCUT2D eigenvalue weighted by Gasteiger charge is -2.29. The molecule has 0 radical (unpaired) electrons. The topological polar surface area (TPSA) is 49.4 Å². The molecule has 1 saturated carbocycles. The predicted molar refractivity (Wildman–Crippen MR) is 90.0 cm³/mol. The molecule has 0 saturated heterocycles. The summed E-state index contributed by atoms with van der Waals surface area (Å²) in [5.41, 5.74) is 1.77. The van der Waals surface area contributed by atoms with E-state index in [9.17, 15) is 9.59 Å². The lowest BCUT2D eigenvalue weighted by Crippen LogP contribution is -2.50. The maximum Gasteiger partial charge on any atom is 0.255 e. The Kier molecular flexibility index (Phi) is 4.69. The SMILES string of the molecule is CC(C)CC(C(=O)NC1CCCC1)N1Cc2ccccc2C1=O. The summed E-state index contributed by atoms with van der Waals surface area (Å²) in [5.74, 6) is 0.380. The van der Waals surface area contributed by atoms with E-state index in [0.29, 0.717) is 18.9 Å². The van der Waals surface area contributed by atoms with E-state index in [2.05, 4.69) is 19.2 Å². The smallest absolute Gasteiger partial charge is 0.255 e. The predicted octanol–water partition coefficient (Wildman–Crippen LogP) is 3.12. The zero-order valence-electron chi connectivity index (χ0n) is 14.0. The lowest BCUT2D eigenvalue weighted by molar-refractivity contribution is -0.127. The summed E-state index contributed by atoms with van der Waals surface area (Å²) in [4.78, 5) is 27.3. The lowest BCUT2D eigenvalue weighted by atomic mass is 10.0. The second-order valence-electron chi connectivity index (χ2n) is 7.23. The third-order valence-electron chi connectivity index (χ3n) is 4.92. The molecule has 0 bridgehead atoms. The molecule has 2 amide bonds. The first-order valence-corrected chi connectivity index (χ1v) is 8.75. The largest absolute Gasteiger partial charge is 0.352 e. The Labute approximate surface area is 138 Å². The van der Waals surface area contributed by atoms with Crippen molar-refractivity contribution in [3.05, 3.63) is 35.4 Å². The maximum absolute atomic E-state index is 12.8. The molecule has 1 aromatic rings. The monoisotopic (exact) mass is 314 g/mol. The molecule has 1 unspecified atom stereocenters. The van der Waals surface area contributed by atoms with E-state index in [1.807, 2.05) is 24.3 Å². The highest BCUT2D eigenvalue weighted by atomic mass is 16.2. The summed E-state index contributed by atoms with van der Waals surface area (Å²) in [5, 5.41) is 3.18. The van der Waals surface area contributed by atoms with Crippen LogP contribution in [0.3, 0.4) is 0 Å². The zero-order valence-corrected chi connectivity index (χ0v) is 14.0. The van der Waals surface area contributed by atoms with Gasteiger partial charge in [0.2, 0.25) is 5.91 Å². The van der Waals surface area contributed by atoms with Crippen LogP contribution < -0.4 is 5.32 Å². The van der Waals surface area contributed by atoms with Crippen LogP contribution in [0.1, 0.15) is 61.9 Å². The molecule has 2 aliphatic rings. The van der Waals surface area contributed by atoms with Crippen molar-refractivity contribution in [1.29, 1.82) is 0 Å². The summed E-state index contributed by atoms with van der Waals surface area (Å²) in [6.07, 6.45) is 5.21. The first kappa shape index (κ1) is 16.0. The second-order valence-corrected chi connectivity index (χ2v) is 7.23. The van der Waals surface area contributed by atoms with E-state index < -0.39 is 0 Å². The fourth-order valence-corrected chi connectivity index (χ4v) is 3.72. The molecule has 1 atom stereocenters. The van der Waals surface area contributed by atoms with Crippen molar-refractivity contribution in [2.24, 2.45) is 5.92 Å². The van der Waals surface area contributed by atoms with Crippen molar-refractivity contribution < 1.29 is 9.59 Å². The number of nitrogens with zero attached hydrogens (tertiary/aromatic N) is 1. The van der Waals surface area contributed by atoms with Gasteiger partial charge in [-0.1, -0.05) is 44.9 Å². The van der Waals surface area contributed by atoms with Gasteiger partial charge in [-0.05, 0) is 36.8 Å². The number of benzene rings is 1. The van der Waals surface area contributed by atoms with Gasteiger partial charge in [-0.3, -0.25) is 9.59 Å². The van der Waals surface area contributed by atoms with Crippen LogP contribution in [0.25, 0.3) is 0 Å². The standard InChI is InChI=1S/C19H26N2O2/c1-13(2)11-17(18(22)20-15-8-4-5-9-15)21-12-14-7-3-6-10-16(14)19(21)23/h3,6-7,10,13,15,17H,4-5,8-9,11-12H2,1-2H3,(H,20,22). The van der Waals surface area contributed by atoms with Crippen LogP contribution in [0.4, 0.5) is 0 Å².